The fraction of sp³-hybridized carbons (Fsp3) is 0.500. The van der Waals surface area contributed by atoms with Gasteiger partial charge in [0.2, 0.25) is 5.91 Å². The van der Waals surface area contributed by atoms with Gasteiger partial charge in [-0.1, -0.05) is 0 Å². The number of amides is 1. The Morgan fingerprint density at radius 1 is 1.43 bits per heavy atom. The molecule has 0 radical (unpaired) electrons. The smallest absolute Gasteiger partial charge is 0.238 e. The van der Waals surface area contributed by atoms with E-state index in [1.165, 1.54) is 0 Å². The Morgan fingerprint density at radius 2 is 2.19 bits per heavy atom. The molecule has 0 saturated heterocycles. The molecular weight excluding hydrogens is 268 g/mol. The van der Waals surface area contributed by atoms with Crippen molar-refractivity contribution >= 4 is 11.6 Å². The first kappa shape index (κ1) is 15.2. The molecule has 1 atom stereocenters. The molecule has 1 amide bonds. The molecular formula is C14H22N6O. The monoisotopic (exact) mass is 290 g/mol. The van der Waals surface area contributed by atoms with Gasteiger partial charge >= 0.3 is 0 Å². The molecule has 0 aromatic carbocycles. The highest BCUT2D eigenvalue weighted by molar-refractivity contribution is 5.93. The first-order valence-corrected chi connectivity index (χ1v) is 6.99. The number of aryl methyl sites for hydroxylation is 3. The quantitative estimate of drug-likeness (QED) is 0.744. The standard InChI is InChI=1S/C14H22N6O/c1-9-5-16-20(7-9)8-10(2)15-6-13(21)17-14-11(3)18-19-12(14)4/h5,7,10,15H,6,8H2,1-4H3,(H,17,21)(H,18,19)/t10-/m1/s1. The zero-order chi connectivity index (χ0) is 15.4. The largest absolute Gasteiger partial charge is 0.322 e. The zero-order valence-corrected chi connectivity index (χ0v) is 12.9. The van der Waals surface area contributed by atoms with Crippen LogP contribution >= 0.6 is 0 Å². The van der Waals surface area contributed by atoms with Gasteiger partial charge in [0, 0.05) is 12.2 Å². The number of hydrogen-bond acceptors (Lipinski definition) is 4. The molecule has 0 spiro atoms. The number of aromatic amines is 1. The Bertz CT molecular complexity index is 595. The summed E-state index contributed by atoms with van der Waals surface area (Å²) in [6, 6.07) is 0.154. The van der Waals surface area contributed by atoms with Gasteiger partial charge in [-0.25, -0.2) is 0 Å². The second-order valence-corrected chi connectivity index (χ2v) is 5.38. The van der Waals surface area contributed by atoms with E-state index in [1.54, 1.807) is 0 Å². The van der Waals surface area contributed by atoms with Crippen LogP contribution in [0, 0.1) is 20.8 Å². The van der Waals surface area contributed by atoms with Crippen LogP contribution in [0.15, 0.2) is 12.4 Å². The minimum atomic E-state index is -0.0777. The first-order chi connectivity index (χ1) is 9.95. The molecule has 2 heterocycles. The van der Waals surface area contributed by atoms with E-state index >= 15 is 0 Å². The Labute approximate surface area is 124 Å². The fourth-order valence-electron chi connectivity index (χ4n) is 2.10. The van der Waals surface area contributed by atoms with Crippen molar-refractivity contribution in [3.05, 3.63) is 29.3 Å². The number of anilines is 1. The summed E-state index contributed by atoms with van der Waals surface area (Å²) in [5, 5.41) is 17.2. The highest BCUT2D eigenvalue weighted by Crippen LogP contribution is 2.15. The van der Waals surface area contributed by atoms with Crippen molar-refractivity contribution in [2.75, 3.05) is 11.9 Å². The van der Waals surface area contributed by atoms with Gasteiger partial charge < -0.3 is 10.6 Å². The average Bonchev–Trinajstić information content (AvgIpc) is 2.97. The van der Waals surface area contributed by atoms with Crippen molar-refractivity contribution in [3.63, 3.8) is 0 Å². The first-order valence-electron chi connectivity index (χ1n) is 6.99. The van der Waals surface area contributed by atoms with Gasteiger partial charge in [0.15, 0.2) is 0 Å². The number of nitrogens with one attached hydrogen (secondary N) is 3. The van der Waals surface area contributed by atoms with Crippen LogP contribution in [-0.2, 0) is 11.3 Å². The van der Waals surface area contributed by atoms with Crippen LogP contribution in [0.2, 0.25) is 0 Å². The average molecular weight is 290 g/mol. The minimum Gasteiger partial charge on any atom is -0.322 e. The van der Waals surface area contributed by atoms with E-state index in [0.29, 0.717) is 0 Å². The van der Waals surface area contributed by atoms with Crippen molar-refractivity contribution in [2.45, 2.75) is 40.3 Å². The van der Waals surface area contributed by atoms with Crippen LogP contribution in [0.25, 0.3) is 0 Å². The van der Waals surface area contributed by atoms with Crippen LogP contribution in [0.5, 0.6) is 0 Å². The second kappa shape index (κ2) is 6.53. The van der Waals surface area contributed by atoms with Crippen LogP contribution in [0.4, 0.5) is 5.69 Å². The molecule has 7 heteroatoms. The van der Waals surface area contributed by atoms with Crippen molar-refractivity contribution < 1.29 is 4.79 Å². The van der Waals surface area contributed by atoms with E-state index in [2.05, 4.69) is 25.9 Å². The molecule has 0 saturated carbocycles. The third-order valence-corrected chi connectivity index (χ3v) is 3.23. The number of rotatable bonds is 6. The predicted molar refractivity (Wildman–Crippen MR) is 81.1 cm³/mol. The normalized spacial score (nSPS) is 12.4. The minimum absolute atomic E-state index is 0.0777. The summed E-state index contributed by atoms with van der Waals surface area (Å²) in [6.45, 7) is 8.75. The lowest BCUT2D eigenvalue weighted by atomic mass is 10.3. The van der Waals surface area contributed by atoms with Crippen LogP contribution in [-0.4, -0.2) is 38.5 Å². The number of hydrogen-bond donors (Lipinski definition) is 3. The Morgan fingerprint density at radius 3 is 2.76 bits per heavy atom. The summed E-state index contributed by atoms with van der Waals surface area (Å²) >= 11 is 0. The van der Waals surface area contributed by atoms with E-state index in [0.717, 1.165) is 29.2 Å². The van der Waals surface area contributed by atoms with Crippen molar-refractivity contribution in [1.29, 1.82) is 0 Å². The Balaban J connectivity index is 1.78. The second-order valence-electron chi connectivity index (χ2n) is 5.38. The maximum absolute atomic E-state index is 11.9. The summed E-state index contributed by atoms with van der Waals surface area (Å²) in [7, 11) is 0. The number of aromatic nitrogens is 4. The van der Waals surface area contributed by atoms with E-state index in [1.807, 2.05) is 44.8 Å². The lowest BCUT2D eigenvalue weighted by molar-refractivity contribution is -0.115. The predicted octanol–water partition coefficient (Wildman–Crippen LogP) is 1.15. The fourth-order valence-corrected chi connectivity index (χ4v) is 2.10. The van der Waals surface area contributed by atoms with Crippen molar-refractivity contribution in [2.24, 2.45) is 0 Å². The molecule has 0 fully saturated rings. The molecule has 0 aliphatic heterocycles. The van der Waals surface area contributed by atoms with Crippen LogP contribution < -0.4 is 10.6 Å². The van der Waals surface area contributed by atoms with Gasteiger partial charge in [-0.2, -0.15) is 10.2 Å². The molecule has 2 aromatic heterocycles. The van der Waals surface area contributed by atoms with Gasteiger partial charge in [0.05, 0.1) is 36.4 Å². The van der Waals surface area contributed by atoms with Gasteiger partial charge in [0.25, 0.3) is 0 Å². The zero-order valence-electron chi connectivity index (χ0n) is 12.9. The van der Waals surface area contributed by atoms with E-state index in [9.17, 15) is 4.79 Å². The number of carbonyl (C=O) groups is 1. The van der Waals surface area contributed by atoms with E-state index < -0.39 is 0 Å². The highest BCUT2D eigenvalue weighted by Gasteiger charge is 2.11. The van der Waals surface area contributed by atoms with Gasteiger partial charge in [-0.05, 0) is 33.3 Å². The van der Waals surface area contributed by atoms with E-state index in [4.69, 9.17) is 0 Å². The third-order valence-electron chi connectivity index (χ3n) is 3.23. The Kier molecular flexibility index (Phi) is 4.74. The molecule has 0 aliphatic rings. The molecule has 7 nitrogen and oxygen atoms in total. The molecule has 0 aliphatic carbocycles. The van der Waals surface area contributed by atoms with Crippen LogP contribution in [0.1, 0.15) is 23.9 Å². The van der Waals surface area contributed by atoms with Gasteiger partial charge in [-0.15, -0.1) is 0 Å². The summed E-state index contributed by atoms with van der Waals surface area (Å²) in [4.78, 5) is 11.9. The highest BCUT2D eigenvalue weighted by atomic mass is 16.1. The molecule has 114 valence electrons. The summed E-state index contributed by atoms with van der Waals surface area (Å²) in [5.74, 6) is -0.0777. The summed E-state index contributed by atoms with van der Waals surface area (Å²) in [6.07, 6.45) is 3.81. The summed E-state index contributed by atoms with van der Waals surface area (Å²) < 4.78 is 1.87. The van der Waals surface area contributed by atoms with E-state index in [-0.39, 0.29) is 18.5 Å². The lowest BCUT2D eigenvalue weighted by Crippen LogP contribution is -2.37. The SMILES string of the molecule is Cc1cnn(C[C@@H](C)NCC(=O)Nc2c(C)n[nH]c2C)c1. The lowest BCUT2D eigenvalue weighted by Gasteiger charge is -2.14. The van der Waals surface area contributed by atoms with Crippen molar-refractivity contribution in [3.8, 4) is 0 Å². The number of nitrogens with zero attached hydrogens (tertiary/aromatic N) is 3. The third kappa shape index (κ3) is 4.16. The molecule has 21 heavy (non-hydrogen) atoms. The van der Waals surface area contributed by atoms with Gasteiger partial charge in [0.1, 0.15) is 0 Å². The van der Waals surface area contributed by atoms with Gasteiger partial charge in [-0.3, -0.25) is 14.6 Å². The molecule has 2 aromatic rings. The topological polar surface area (TPSA) is 87.6 Å². The molecule has 0 unspecified atom stereocenters. The van der Waals surface area contributed by atoms with Crippen molar-refractivity contribution in [1.82, 2.24) is 25.3 Å². The molecule has 2 rings (SSSR count). The summed E-state index contributed by atoms with van der Waals surface area (Å²) in [5.41, 5.74) is 3.55. The molecule has 0 bridgehead atoms. The maximum Gasteiger partial charge on any atom is 0.238 e. The van der Waals surface area contributed by atoms with Crippen LogP contribution in [0.3, 0.4) is 0 Å². The number of H-pyrrole nitrogens is 1. The Hall–Kier alpha value is -2.15. The maximum atomic E-state index is 11.9. The number of carbonyl (C=O) groups excluding carboxylic acids is 1. The molecule has 3 N–H and O–H groups in total.